The molecule has 18 heavy (non-hydrogen) atoms. The van der Waals surface area contributed by atoms with Gasteiger partial charge in [-0.3, -0.25) is 4.79 Å². The van der Waals surface area contributed by atoms with Gasteiger partial charge in [0, 0.05) is 17.6 Å². The number of halogens is 1. The molecule has 1 aromatic carbocycles. The van der Waals surface area contributed by atoms with Gasteiger partial charge >= 0.3 is 0 Å². The lowest BCUT2D eigenvalue weighted by atomic mass is 10.1. The summed E-state index contributed by atoms with van der Waals surface area (Å²) in [6, 6.07) is 5.68. The Hall–Kier alpha value is -0.870. The molecule has 0 bridgehead atoms. The van der Waals surface area contributed by atoms with Crippen molar-refractivity contribution in [2.75, 3.05) is 19.8 Å². The van der Waals surface area contributed by atoms with Crippen LogP contribution in [0.1, 0.15) is 29.8 Å². The second kappa shape index (κ2) is 7.54. The Morgan fingerprint density at radius 3 is 2.78 bits per heavy atom. The van der Waals surface area contributed by atoms with E-state index in [-0.39, 0.29) is 5.91 Å². The molecule has 1 rings (SSSR count). The normalized spacial score (nSPS) is 10.7. The highest BCUT2D eigenvalue weighted by Crippen LogP contribution is 2.17. The summed E-state index contributed by atoms with van der Waals surface area (Å²) >= 11 is 3.40. The fraction of sp³-hybridized carbons (Fsp3) is 0.500. The fourth-order valence-electron chi connectivity index (χ4n) is 1.46. The number of aryl methyl sites for hydroxylation is 1. The van der Waals surface area contributed by atoms with Crippen LogP contribution in [-0.2, 0) is 4.74 Å². The Kier molecular flexibility index (Phi) is 6.36. The molecule has 1 aromatic rings. The third kappa shape index (κ3) is 5.19. The minimum absolute atomic E-state index is 0.0741. The SMILES string of the molecule is Cc1ccc(C(=O)NCCOCC(C)C)c(Br)c1. The van der Waals surface area contributed by atoms with E-state index in [1.807, 2.05) is 25.1 Å². The number of rotatable bonds is 6. The predicted octanol–water partition coefficient (Wildman–Crippen LogP) is 3.16. The van der Waals surface area contributed by atoms with Gasteiger partial charge < -0.3 is 10.1 Å². The van der Waals surface area contributed by atoms with Gasteiger partial charge in [0.25, 0.3) is 5.91 Å². The first kappa shape index (κ1) is 15.2. The summed E-state index contributed by atoms with van der Waals surface area (Å²) in [7, 11) is 0. The maximum Gasteiger partial charge on any atom is 0.252 e. The number of nitrogens with one attached hydrogen (secondary N) is 1. The Morgan fingerprint density at radius 2 is 2.17 bits per heavy atom. The predicted molar refractivity (Wildman–Crippen MR) is 76.9 cm³/mol. The lowest BCUT2D eigenvalue weighted by Crippen LogP contribution is -2.28. The molecule has 0 unspecified atom stereocenters. The average molecular weight is 314 g/mol. The van der Waals surface area contributed by atoms with Gasteiger partial charge in [0.1, 0.15) is 0 Å². The van der Waals surface area contributed by atoms with E-state index in [2.05, 4.69) is 35.1 Å². The van der Waals surface area contributed by atoms with E-state index in [1.165, 1.54) is 0 Å². The van der Waals surface area contributed by atoms with Crippen LogP contribution in [0.15, 0.2) is 22.7 Å². The van der Waals surface area contributed by atoms with Crippen molar-refractivity contribution in [3.8, 4) is 0 Å². The molecule has 0 saturated heterocycles. The summed E-state index contributed by atoms with van der Waals surface area (Å²) in [6.45, 7) is 8.00. The highest BCUT2D eigenvalue weighted by atomic mass is 79.9. The van der Waals surface area contributed by atoms with Crippen LogP contribution in [0.3, 0.4) is 0 Å². The number of carbonyl (C=O) groups is 1. The van der Waals surface area contributed by atoms with Crippen LogP contribution in [0.25, 0.3) is 0 Å². The smallest absolute Gasteiger partial charge is 0.252 e. The number of amides is 1. The van der Waals surface area contributed by atoms with Gasteiger partial charge in [-0.1, -0.05) is 19.9 Å². The largest absolute Gasteiger partial charge is 0.379 e. The van der Waals surface area contributed by atoms with Crippen LogP contribution in [-0.4, -0.2) is 25.7 Å². The molecule has 0 aromatic heterocycles. The summed E-state index contributed by atoms with van der Waals surface area (Å²) in [5.41, 5.74) is 1.78. The van der Waals surface area contributed by atoms with Gasteiger partial charge in [-0.25, -0.2) is 0 Å². The molecule has 4 heteroatoms. The Labute approximate surface area is 117 Å². The Bertz CT molecular complexity index is 405. The van der Waals surface area contributed by atoms with E-state index in [1.54, 1.807) is 0 Å². The van der Waals surface area contributed by atoms with Crippen molar-refractivity contribution < 1.29 is 9.53 Å². The van der Waals surface area contributed by atoms with Crippen LogP contribution in [0.5, 0.6) is 0 Å². The molecule has 0 atom stereocenters. The van der Waals surface area contributed by atoms with Gasteiger partial charge in [-0.2, -0.15) is 0 Å². The first-order valence-corrected chi connectivity index (χ1v) is 6.92. The molecule has 0 aliphatic carbocycles. The van der Waals surface area contributed by atoms with Crippen molar-refractivity contribution in [1.29, 1.82) is 0 Å². The van der Waals surface area contributed by atoms with Gasteiger partial charge in [0.2, 0.25) is 0 Å². The van der Waals surface area contributed by atoms with Gasteiger partial charge in [0.15, 0.2) is 0 Å². The van der Waals surface area contributed by atoms with Gasteiger partial charge in [-0.05, 0) is 46.5 Å². The van der Waals surface area contributed by atoms with E-state index in [9.17, 15) is 4.79 Å². The van der Waals surface area contributed by atoms with Crippen LogP contribution in [0.2, 0.25) is 0 Å². The van der Waals surface area contributed by atoms with Crippen molar-refractivity contribution in [2.45, 2.75) is 20.8 Å². The number of ether oxygens (including phenoxy) is 1. The molecule has 0 radical (unpaired) electrons. The molecule has 0 saturated carbocycles. The van der Waals surface area contributed by atoms with E-state index < -0.39 is 0 Å². The third-order valence-corrected chi connectivity index (χ3v) is 3.01. The molecule has 0 spiro atoms. The van der Waals surface area contributed by atoms with E-state index >= 15 is 0 Å². The molecule has 100 valence electrons. The summed E-state index contributed by atoms with van der Waals surface area (Å²) in [6.07, 6.45) is 0. The topological polar surface area (TPSA) is 38.3 Å². The maximum absolute atomic E-state index is 11.9. The van der Waals surface area contributed by atoms with Crippen LogP contribution < -0.4 is 5.32 Å². The maximum atomic E-state index is 11.9. The second-order valence-electron chi connectivity index (χ2n) is 4.71. The highest BCUT2D eigenvalue weighted by molar-refractivity contribution is 9.10. The monoisotopic (exact) mass is 313 g/mol. The van der Waals surface area contributed by atoms with Crippen LogP contribution in [0, 0.1) is 12.8 Å². The highest BCUT2D eigenvalue weighted by Gasteiger charge is 2.08. The summed E-state index contributed by atoms with van der Waals surface area (Å²) in [5.74, 6) is 0.446. The Morgan fingerprint density at radius 1 is 1.44 bits per heavy atom. The quantitative estimate of drug-likeness (QED) is 0.819. The second-order valence-corrected chi connectivity index (χ2v) is 5.56. The average Bonchev–Trinajstić information content (AvgIpc) is 2.27. The molecular weight excluding hydrogens is 294 g/mol. The molecule has 1 amide bonds. The summed E-state index contributed by atoms with van der Waals surface area (Å²) in [4.78, 5) is 11.9. The van der Waals surface area contributed by atoms with Crippen molar-refractivity contribution in [1.82, 2.24) is 5.32 Å². The number of benzene rings is 1. The number of hydrogen-bond acceptors (Lipinski definition) is 2. The molecule has 0 aliphatic heterocycles. The zero-order valence-electron chi connectivity index (χ0n) is 11.1. The third-order valence-electron chi connectivity index (χ3n) is 2.35. The van der Waals surface area contributed by atoms with Crippen molar-refractivity contribution in [2.24, 2.45) is 5.92 Å². The van der Waals surface area contributed by atoms with Crippen molar-refractivity contribution >= 4 is 21.8 Å². The summed E-state index contributed by atoms with van der Waals surface area (Å²) in [5, 5.41) is 2.84. The van der Waals surface area contributed by atoms with E-state index in [4.69, 9.17) is 4.74 Å². The van der Waals surface area contributed by atoms with Crippen LogP contribution in [0.4, 0.5) is 0 Å². The molecular formula is C14H20BrNO2. The van der Waals surface area contributed by atoms with Crippen molar-refractivity contribution in [3.63, 3.8) is 0 Å². The van der Waals surface area contributed by atoms with Crippen LogP contribution >= 0.6 is 15.9 Å². The van der Waals surface area contributed by atoms with Crippen molar-refractivity contribution in [3.05, 3.63) is 33.8 Å². The number of hydrogen-bond donors (Lipinski definition) is 1. The zero-order chi connectivity index (χ0) is 13.5. The van der Waals surface area contributed by atoms with E-state index in [0.29, 0.717) is 24.6 Å². The Balaban J connectivity index is 2.36. The summed E-state index contributed by atoms with van der Waals surface area (Å²) < 4.78 is 6.23. The first-order chi connectivity index (χ1) is 8.50. The number of carbonyl (C=O) groups excluding carboxylic acids is 1. The molecule has 0 fully saturated rings. The van der Waals surface area contributed by atoms with Gasteiger partial charge in [0.05, 0.1) is 12.2 Å². The minimum Gasteiger partial charge on any atom is -0.379 e. The van der Waals surface area contributed by atoms with Gasteiger partial charge in [-0.15, -0.1) is 0 Å². The zero-order valence-corrected chi connectivity index (χ0v) is 12.7. The molecule has 0 aliphatic rings. The lowest BCUT2D eigenvalue weighted by molar-refractivity contribution is 0.0885. The van der Waals surface area contributed by atoms with E-state index in [0.717, 1.165) is 16.6 Å². The molecule has 0 heterocycles. The molecule has 1 N–H and O–H groups in total. The molecule has 3 nitrogen and oxygen atoms in total. The fourth-order valence-corrected chi connectivity index (χ4v) is 2.13. The minimum atomic E-state index is -0.0741. The lowest BCUT2D eigenvalue weighted by Gasteiger charge is -2.09. The standard InChI is InChI=1S/C14H20BrNO2/c1-10(2)9-18-7-6-16-14(17)12-5-4-11(3)8-13(12)15/h4-5,8,10H,6-7,9H2,1-3H3,(H,16,17). The first-order valence-electron chi connectivity index (χ1n) is 6.12.